The normalized spacial score (nSPS) is 11.8. The maximum absolute atomic E-state index is 11.8. The summed E-state index contributed by atoms with van der Waals surface area (Å²) < 4.78 is 26.2. The Morgan fingerprint density at radius 3 is 2.82 bits per heavy atom. The number of thiophene rings is 1. The third kappa shape index (κ3) is 2.65. The monoisotopic (exact) mass is 272 g/mol. The molecule has 0 amide bonds. The van der Waals surface area contributed by atoms with Gasteiger partial charge in [0.2, 0.25) is 10.0 Å². The Morgan fingerprint density at radius 1 is 1.53 bits per heavy atom. The van der Waals surface area contributed by atoms with Gasteiger partial charge in [0, 0.05) is 16.3 Å². The predicted octanol–water partition coefficient (Wildman–Crippen LogP) is 0.840. The zero-order valence-corrected chi connectivity index (χ0v) is 10.7. The van der Waals surface area contributed by atoms with Crippen LogP contribution in [0, 0.1) is 6.92 Å². The van der Waals surface area contributed by atoms with Gasteiger partial charge in [-0.2, -0.15) is 5.10 Å². The number of aromatic nitrogens is 2. The molecule has 8 heteroatoms. The lowest BCUT2D eigenvalue weighted by Crippen LogP contribution is -2.23. The summed E-state index contributed by atoms with van der Waals surface area (Å²) in [6, 6.07) is 3.84. The lowest BCUT2D eigenvalue weighted by molar-refractivity contribution is 0.582. The van der Waals surface area contributed by atoms with Gasteiger partial charge in [-0.3, -0.25) is 5.10 Å². The van der Waals surface area contributed by atoms with Crippen molar-refractivity contribution < 1.29 is 8.42 Å². The van der Waals surface area contributed by atoms with Crippen LogP contribution in [0.4, 0.5) is 5.82 Å². The Bertz CT molecular complexity index is 614. The van der Waals surface area contributed by atoms with E-state index in [-0.39, 0.29) is 17.3 Å². The van der Waals surface area contributed by atoms with Crippen molar-refractivity contribution in [1.29, 1.82) is 0 Å². The molecule has 6 nitrogen and oxygen atoms in total. The van der Waals surface area contributed by atoms with Gasteiger partial charge in [0.15, 0.2) is 0 Å². The second kappa shape index (κ2) is 4.47. The summed E-state index contributed by atoms with van der Waals surface area (Å²) in [5.41, 5.74) is 5.47. The summed E-state index contributed by atoms with van der Waals surface area (Å²) in [7, 11) is -3.60. The fraction of sp³-hybridized carbons (Fsp3) is 0.222. The van der Waals surface area contributed by atoms with E-state index in [0.29, 0.717) is 0 Å². The molecule has 0 aliphatic heterocycles. The number of anilines is 1. The van der Waals surface area contributed by atoms with Crippen LogP contribution in [0.1, 0.15) is 9.75 Å². The first-order valence-electron chi connectivity index (χ1n) is 4.83. The Kier molecular flexibility index (Phi) is 3.18. The minimum atomic E-state index is -3.60. The molecule has 0 aromatic carbocycles. The molecule has 17 heavy (non-hydrogen) atoms. The minimum Gasteiger partial charge on any atom is -0.383 e. The van der Waals surface area contributed by atoms with Gasteiger partial charge in [-0.15, -0.1) is 11.3 Å². The number of nitrogens with zero attached hydrogens (tertiary/aromatic N) is 1. The molecule has 0 saturated heterocycles. The van der Waals surface area contributed by atoms with E-state index >= 15 is 0 Å². The first kappa shape index (κ1) is 12.1. The number of hydrogen-bond acceptors (Lipinski definition) is 5. The maximum Gasteiger partial charge on any atom is 0.246 e. The van der Waals surface area contributed by atoms with E-state index in [9.17, 15) is 8.42 Å². The molecule has 4 N–H and O–H groups in total. The van der Waals surface area contributed by atoms with Gasteiger partial charge in [0.05, 0.1) is 6.20 Å². The van der Waals surface area contributed by atoms with Crippen LogP contribution in [-0.4, -0.2) is 18.6 Å². The van der Waals surface area contributed by atoms with Crippen molar-refractivity contribution in [2.45, 2.75) is 18.4 Å². The summed E-state index contributed by atoms with van der Waals surface area (Å²) in [6.45, 7) is 2.22. The van der Waals surface area contributed by atoms with Crippen LogP contribution in [0.25, 0.3) is 0 Å². The fourth-order valence-corrected chi connectivity index (χ4v) is 3.27. The molecular formula is C9H12N4O2S2. The van der Waals surface area contributed by atoms with Crippen LogP contribution < -0.4 is 10.5 Å². The number of aromatic amines is 1. The van der Waals surface area contributed by atoms with E-state index in [4.69, 9.17) is 5.73 Å². The second-order valence-electron chi connectivity index (χ2n) is 3.48. The predicted molar refractivity (Wildman–Crippen MR) is 66.1 cm³/mol. The van der Waals surface area contributed by atoms with Gasteiger partial charge in [-0.1, -0.05) is 0 Å². The zero-order valence-electron chi connectivity index (χ0n) is 9.10. The van der Waals surface area contributed by atoms with Crippen molar-refractivity contribution in [3.05, 3.63) is 28.1 Å². The van der Waals surface area contributed by atoms with Crippen molar-refractivity contribution in [2.24, 2.45) is 0 Å². The molecule has 0 bridgehead atoms. The first-order chi connectivity index (χ1) is 7.99. The molecular weight excluding hydrogens is 260 g/mol. The van der Waals surface area contributed by atoms with Gasteiger partial charge < -0.3 is 5.73 Å². The molecule has 0 atom stereocenters. The number of nitrogen functional groups attached to an aromatic ring is 1. The van der Waals surface area contributed by atoms with Crippen molar-refractivity contribution in [3.63, 3.8) is 0 Å². The highest BCUT2D eigenvalue weighted by atomic mass is 32.2. The average molecular weight is 272 g/mol. The number of sulfonamides is 1. The van der Waals surface area contributed by atoms with Crippen LogP contribution in [0.2, 0.25) is 0 Å². The molecule has 2 aromatic rings. The summed E-state index contributed by atoms with van der Waals surface area (Å²) in [4.78, 5) is 2.07. The molecule has 2 aromatic heterocycles. The molecule has 2 rings (SSSR count). The molecule has 0 radical (unpaired) electrons. The largest absolute Gasteiger partial charge is 0.383 e. The van der Waals surface area contributed by atoms with Gasteiger partial charge >= 0.3 is 0 Å². The fourth-order valence-electron chi connectivity index (χ4n) is 1.32. The van der Waals surface area contributed by atoms with E-state index in [1.807, 2.05) is 19.1 Å². The lowest BCUT2D eigenvalue weighted by Gasteiger charge is -2.03. The highest BCUT2D eigenvalue weighted by Crippen LogP contribution is 2.17. The highest BCUT2D eigenvalue weighted by Gasteiger charge is 2.18. The third-order valence-corrected chi connectivity index (χ3v) is 4.58. The van der Waals surface area contributed by atoms with E-state index in [2.05, 4.69) is 14.9 Å². The number of aryl methyl sites for hydroxylation is 1. The van der Waals surface area contributed by atoms with E-state index in [1.165, 1.54) is 6.20 Å². The molecule has 0 aliphatic carbocycles. The van der Waals surface area contributed by atoms with Crippen LogP contribution in [-0.2, 0) is 16.6 Å². The summed E-state index contributed by atoms with van der Waals surface area (Å²) in [6.07, 6.45) is 1.19. The zero-order chi connectivity index (χ0) is 12.5. The van der Waals surface area contributed by atoms with Gasteiger partial charge in [-0.25, -0.2) is 13.1 Å². The van der Waals surface area contributed by atoms with Gasteiger partial charge in [-0.05, 0) is 19.1 Å². The number of nitrogens with two attached hydrogens (primary N) is 1. The average Bonchev–Trinajstić information content (AvgIpc) is 2.85. The van der Waals surface area contributed by atoms with Crippen LogP contribution in [0.15, 0.2) is 23.2 Å². The minimum absolute atomic E-state index is 0.0224. The van der Waals surface area contributed by atoms with E-state index in [0.717, 1.165) is 9.75 Å². The van der Waals surface area contributed by atoms with Crippen molar-refractivity contribution >= 4 is 27.2 Å². The topological polar surface area (TPSA) is 101 Å². The Balaban J connectivity index is 2.11. The van der Waals surface area contributed by atoms with Crippen molar-refractivity contribution in [2.75, 3.05) is 5.73 Å². The van der Waals surface area contributed by atoms with Crippen molar-refractivity contribution in [3.8, 4) is 0 Å². The van der Waals surface area contributed by atoms with Crippen LogP contribution >= 0.6 is 11.3 Å². The Labute approximate surface area is 103 Å². The lowest BCUT2D eigenvalue weighted by atomic mass is 10.4. The SMILES string of the molecule is Cc1ccc(CNS(=O)(=O)c2cn[nH]c2N)s1. The maximum atomic E-state index is 11.8. The smallest absolute Gasteiger partial charge is 0.246 e. The number of H-pyrrole nitrogens is 1. The quantitative estimate of drug-likeness (QED) is 0.767. The first-order valence-corrected chi connectivity index (χ1v) is 7.13. The summed E-state index contributed by atoms with van der Waals surface area (Å²) >= 11 is 1.55. The van der Waals surface area contributed by atoms with E-state index in [1.54, 1.807) is 11.3 Å². The number of hydrogen-bond donors (Lipinski definition) is 3. The summed E-state index contributed by atoms with van der Waals surface area (Å²) in [5, 5.41) is 5.97. The number of nitrogens with one attached hydrogen (secondary N) is 2. The molecule has 0 spiro atoms. The van der Waals surface area contributed by atoms with Crippen LogP contribution in [0.5, 0.6) is 0 Å². The number of rotatable bonds is 4. The molecule has 0 saturated carbocycles. The third-order valence-electron chi connectivity index (χ3n) is 2.15. The Hall–Kier alpha value is -1.38. The van der Waals surface area contributed by atoms with Gasteiger partial charge in [0.25, 0.3) is 0 Å². The Morgan fingerprint density at radius 2 is 2.29 bits per heavy atom. The summed E-state index contributed by atoms with van der Waals surface area (Å²) in [5.74, 6) is 0.0415. The van der Waals surface area contributed by atoms with Gasteiger partial charge in [0.1, 0.15) is 10.7 Å². The highest BCUT2D eigenvalue weighted by molar-refractivity contribution is 7.89. The molecule has 0 aliphatic rings. The molecule has 0 fully saturated rings. The molecule has 2 heterocycles. The standard InChI is InChI=1S/C9H12N4O2S2/c1-6-2-3-7(16-6)4-12-17(14,15)8-5-11-13-9(8)10/h2-3,5,12H,4H2,1H3,(H3,10,11,13). The van der Waals surface area contributed by atoms with Crippen LogP contribution in [0.3, 0.4) is 0 Å². The molecule has 0 unspecified atom stereocenters. The molecule has 92 valence electrons. The van der Waals surface area contributed by atoms with Crippen molar-refractivity contribution in [1.82, 2.24) is 14.9 Å². The van der Waals surface area contributed by atoms with E-state index < -0.39 is 10.0 Å². The second-order valence-corrected chi connectivity index (χ2v) is 6.59.